The Kier molecular flexibility index (Phi) is 5.29. The van der Waals surface area contributed by atoms with Gasteiger partial charge in [-0.2, -0.15) is 13.2 Å². The van der Waals surface area contributed by atoms with E-state index in [4.69, 9.17) is 0 Å². The number of carbonyl (C=O) groups is 2. The van der Waals surface area contributed by atoms with E-state index in [2.05, 4.69) is 10.3 Å². The molecular weight excluding hydrogens is 361 g/mol. The molecule has 0 N–H and O–H groups in total. The number of hydrogen-bond donors (Lipinski definition) is 0. The largest absolute Gasteiger partial charge is 0.416 e. The number of carbonyl (C=O) groups excluding carboxylic acids is 2. The van der Waals surface area contributed by atoms with Gasteiger partial charge in [-0.15, -0.1) is 5.10 Å². The molecule has 1 aromatic heterocycles. The van der Waals surface area contributed by atoms with Crippen molar-refractivity contribution >= 4 is 11.7 Å². The minimum atomic E-state index is -4.42. The lowest BCUT2D eigenvalue weighted by Crippen LogP contribution is -2.42. The van der Waals surface area contributed by atoms with Crippen molar-refractivity contribution in [1.82, 2.24) is 19.9 Å². The Balaban J connectivity index is 1.70. The smallest absolute Gasteiger partial charge is 0.336 e. The highest BCUT2D eigenvalue weighted by Gasteiger charge is 2.30. The predicted molar refractivity (Wildman–Crippen MR) is 89.9 cm³/mol. The molecule has 0 saturated carbocycles. The summed E-state index contributed by atoms with van der Waals surface area (Å²) in [4.78, 5) is 25.7. The van der Waals surface area contributed by atoms with Crippen LogP contribution in [0.5, 0.6) is 0 Å². The average molecular weight is 380 g/mol. The maximum absolute atomic E-state index is 12.8. The van der Waals surface area contributed by atoms with Crippen LogP contribution in [0, 0.1) is 5.92 Å². The zero-order chi connectivity index (χ0) is 19.6. The van der Waals surface area contributed by atoms with Gasteiger partial charge in [0, 0.05) is 19.0 Å². The van der Waals surface area contributed by atoms with Crippen LogP contribution < -0.4 is 0 Å². The van der Waals surface area contributed by atoms with Crippen molar-refractivity contribution in [3.63, 3.8) is 0 Å². The maximum atomic E-state index is 12.8. The Labute approximate surface area is 154 Å². The molecular formula is C18H19F3N4O2. The lowest BCUT2D eigenvalue weighted by Gasteiger charge is -2.30. The van der Waals surface area contributed by atoms with Crippen molar-refractivity contribution in [2.45, 2.75) is 32.5 Å². The van der Waals surface area contributed by atoms with Crippen LogP contribution >= 0.6 is 0 Å². The topological polar surface area (TPSA) is 68.1 Å². The number of piperidine rings is 1. The first kappa shape index (κ1) is 19.1. The molecule has 144 valence electrons. The summed E-state index contributed by atoms with van der Waals surface area (Å²) >= 11 is 0. The van der Waals surface area contributed by atoms with Crippen molar-refractivity contribution in [2.75, 3.05) is 13.1 Å². The van der Waals surface area contributed by atoms with Gasteiger partial charge in [-0.3, -0.25) is 9.59 Å². The fraction of sp³-hybridized carbons (Fsp3) is 0.444. The molecule has 0 aliphatic carbocycles. The second-order valence-corrected chi connectivity index (χ2v) is 6.70. The number of hydrogen-bond acceptors (Lipinski definition) is 4. The molecule has 1 atom stereocenters. The van der Waals surface area contributed by atoms with Gasteiger partial charge in [-0.1, -0.05) is 17.3 Å². The summed E-state index contributed by atoms with van der Waals surface area (Å²) in [6.45, 7) is 2.49. The van der Waals surface area contributed by atoms with Crippen molar-refractivity contribution in [1.29, 1.82) is 0 Å². The molecule has 1 unspecified atom stereocenters. The third-order valence-corrected chi connectivity index (χ3v) is 4.64. The zero-order valence-corrected chi connectivity index (χ0v) is 14.7. The fourth-order valence-corrected chi connectivity index (χ4v) is 3.16. The van der Waals surface area contributed by atoms with Gasteiger partial charge in [0.15, 0.2) is 5.69 Å². The van der Waals surface area contributed by atoms with Crippen LogP contribution in [-0.2, 0) is 17.5 Å². The third-order valence-electron chi connectivity index (χ3n) is 4.64. The number of rotatable bonds is 4. The highest BCUT2D eigenvalue weighted by Crippen LogP contribution is 2.29. The first-order valence-corrected chi connectivity index (χ1v) is 8.60. The second-order valence-electron chi connectivity index (χ2n) is 6.70. The summed E-state index contributed by atoms with van der Waals surface area (Å²) in [5, 5.41) is 7.69. The Morgan fingerprint density at radius 1 is 1.30 bits per heavy atom. The van der Waals surface area contributed by atoms with Crippen LogP contribution in [0.2, 0.25) is 0 Å². The summed E-state index contributed by atoms with van der Waals surface area (Å²) in [7, 11) is 0. The highest BCUT2D eigenvalue weighted by atomic mass is 19.4. The van der Waals surface area contributed by atoms with Crippen molar-refractivity contribution in [3.8, 4) is 0 Å². The second kappa shape index (κ2) is 7.50. The molecule has 1 aromatic carbocycles. The average Bonchev–Trinajstić information content (AvgIpc) is 3.09. The Bertz CT molecular complexity index is 847. The van der Waals surface area contributed by atoms with E-state index in [1.165, 1.54) is 23.9 Å². The number of benzene rings is 1. The van der Waals surface area contributed by atoms with Gasteiger partial charge in [0.2, 0.25) is 0 Å². The van der Waals surface area contributed by atoms with Gasteiger partial charge in [-0.25, -0.2) is 4.68 Å². The maximum Gasteiger partial charge on any atom is 0.416 e. The summed E-state index contributed by atoms with van der Waals surface area (Å²) in [6.07, 6.45) is -1.49. The molecule has 1 amide bonds. The zero-order valence-electron chi connectivity index (χ0n) is 14.7. The van der Waals surface area contributed by atoms with E-state index in [0.29, 0.717) is 18.7 Å². The SMILES string of the molecule is CC(=O)C1CCCN(C(=O)c2cn(Cc3cccc(C(F)(F)F)c3)nn2)C1. The number of aromatic nitrogens is 3. The monoisotopic (exact) mass is 380 g/mol. The normalized spacial score (nSPS) is 17.8. The van der Waals surface area contributed by atoms with Crippen LogP contribution in [0.1, 0.15) is 41.4 Å². The summed E-state index contributed by atoms with van der Waals surface area (Å²) in [6, 6.07) is 4.93. The Hall–Kier alpha value is -2.71. The molecule has 3 rings (SSSR count). The quantitative estimate of drug-likeness (QED) is 0.818. The van der Waals surface area contributed by atoms with E-state index in [0.717, 1.165) is 25.0 Å². The number of halogens is 3. The van der Waals surface area contributed by atoms with E-state index in [1.807, 2.05) is 0 Å². The molecule has 6 nitrogen and oxygen atoms in total. The van der Waals surface area contributed by atoms with Crippen LogP contribution in [0.25, 0.3) is 0 Å². The van der Waals surface area contributed by atoms with Gasteiger partial charge in [-0.05, 0) is 37.5 Å². The van der Waals surface area contributed by atoms with E-state index in [1.54, 1.807) is 11.0 Å². The van der Waals surface area contributed by atoms with Crippen molar-refractivity contribution < 1.29 is 22.8 Å². The van der Waals surface area contributed by atoms with Crippen LogP contribution in [0.3, 0.4) is 0 Å². The predicted octanol–water partition coefficient (Wildman–Crippen LogP) is 2.79. The summed E-state index contributed by atoms with van der Waals surface area (Å²) in [5.74, 6) is -0.431. The minimum Gasteiger partial charge on any atom is -0.336 e. The Morgan fingerprint density at radius 3 is 2.78 bits per heavy atom. The van der Waals surface area contributed by atoms with Crippen LogP contribution in [0.4, 0.5) is 13.2 Å². The molecule has 0 spiro atoms. The van der Waals surface area contributed by atoms with Crippen molar-refractivity contribution in [3.05, 3.63) is 47.3 Å². The standard InChI is InChI=1S/C18H19F3N4O2/c1-12(26)14-5-3-7-24(10-14)17(27)16-11-25(23-22-16)9-13-4-2-6-15(8-13)18(19,20)21/h2,4,6,8,11,14H,3,5,7,9-10H2,1H3. The van der Waals surface area contributed by atoms with Gasteiger partial charge < -0.3 is 4.90 Å². The van der Waals surface area contributed by atoms with E-state index >= 15 is 0 Å². The molecule has 0 radical (unpaired) electrons. The first-order valence-electron chi connectivity index (χ1n) is 8.60. The Morgan fingerprint density at radius 2 is 2.07 bits per heavy atom. The molecule has 1 aliphatic rings. The number of Topliss-reactive ketones (excluding diaryl/α,β-unsaturated/α-hetero) is 1. The lowest BCUT2D eigenvalue weighted by atomic mass is 9.94. The van der Waals surface area contributed by atoms with Gasteiger partial charge in [0.05, 0.1) is 18.3 Å². The van der Waals surface area contributed by atoms with Crippen LogP contribution in [0.15, 0.2) is 30.5 Å². The number of alkyl halides is 3. The first-order chi connectivity index (χ1) is 12.7. The molecule has 1 fully saturated rings. The fourth-order valence-electron chi connectivity index (χ4n) is 3.16. The van der Waals surface area contributed by atoms with Gasteiger partial charge in [0.25, 0.3) is 5.91 Å². The molecule has 1 aliphatic heterocycles. The van der Waals surface area contributed by atoms with Crippen molar-refractivity contribution in [2.24, 2.45) is 5.92 Å². The summed E-state index contributed by atoms with van der Waals surface area (Å²) in [5.41, 5.74) is -0.213. The third kappa shape index (κ3) is 4.53. The van der Waals surface area contributed by atoms with E-state index < -0.39 is 11.7 Å². The number of amides is 1. The van der Waals surface area contributed by atoms with Gasteiger partial charge >= 0.3 is 6.18 Å². The molecule has 9 heteroatoms. The van der Waals surface area contributed by atoms with Gasteiger partial charge in [0.1, 0.15) is 5.78 Å². The molecule has 2 heterocycles. The molecule has 1 saturated heterocycles. The van der Waals surface area contributed by atoms with Crippen LogP contribution in [-0.4, -0.2) is 44.7 Å². The molecule has 2 aromatic rings. The number of ketones is 1. The summed E-state index contributed by atoms with van der Waals surface area (Å²) < 4.78 is 39.7. The van der Waals surface area contributed by atoms with E-state index in [-0.39, 0.29) is 29.8 Å². The number of nitrogens with zero attached hydrogens (tertiary/aromatic N) is 4. The minimum absolute atomic E-state index is 0.0562. The molecule has 0 bridgehead atoms. The molecule has 27 heavy (non-hydrogen) atoms. The lowest BCUT2D eigenvalue weighted by molar-refractivity contribution is -0.137. The van der Waals surface area contributed by atoms with E-state index in [9.17, 15) is 22.8 Å². The number of likely N-dealkylation sites (tertiary alicyclic amines) is 1. The highest BCUT2D eigenvalue weighted by molar-refractivity contribution is 5.92.